The summed E-state index contributed by atoms with van der Waals surface area (Å²) in [6.07, 6.45) is 55.9. The summed E-state index contributed by atoms with van der Waals surface area (Å²) in [5, 5.41) is 25.2. The molecule has 0 bridgehead atoms. The number of aliphatic carboxylic acids is 3. The minimum atomic E-state index is -0.836. The smallest absolute Gasteiger partial charge is 0.327 e. The summed E-state index contributed by atoms with van der Waals surface area (Å²) >= 11 is 0. The molecule has 0 aliphatic carbocycles. The molecule has 0 aromatic rings. The highest BCUT2D eigenvalue weighted by Gasteiger charge is 1.95. The molecule has 3 N–H and O–H groups in total. The zero-order chi connectivity index (χ0) is 40.4. The third-order valence-corrected chi connectivity index (χ3v) is 9.70. The van der Waals surface area contributed by atoms with Gasteiger partial charge in [-0.3, -0.25) is 0 Å². The normalized spacial score (nSPS) is 11.2. The van der Waals surface area contributed by atoms with Gasteiger partial charge in [-0.1, -0.05) is 232 Å². The zero-order valence-corrected chi connectivity index (χ0v) is 36.0. The Labute approximate surface area is 335 Å². The molecular formula is C48H90O6. The van der Waals surface area contributed by atoms with Gasteiger partial charge in [0, 0.05) is 18.2 Å². The fourth-order valence-corrected chi connectivity index (χ4v) is 6.33. The highest BCUT2D eigenvalue weighted by atomic mass is 16.4. The number of carbonyl (C=O) groups is 3. The van der Waals surface area contributed by atoms with E-state index >= 15 is 0 Å². The average Bonchev–Trinajstić information content (AvgIpc) is 3.14. The van der Waals surface area contributed by atoms with Crippen molar-refractivity contribution in [2.24, 2.45) is 0 Å². The number of unbranched alkanes of at least 4 members (excludes halogenated alkanes) is 33. The summed E-state index contributed by atoms with van der Waals surface area (Å²) in [5.41, 5.74) is 0. The highest BCUT2D eigenvalue weighted by Crippen LogP contribution is 2.14. The number of allylic oxidation sites excluding steroid dienone is 3. The maximum atomic E-state index is 10.2. The first kappa shape index (κ1) is 56.0. The molecule has 0 aromatic carbocycles. The number of hydrogen-bond acceptors (Lipinski definition) is 3. The Bertz CT molecular complexity index is 846. The van der Waals surface area contributed by atoms with Gasteiger partial charge in [0.05, 0.1) is 0 Å². The van der Waals surface area contributed by atoms with Crippen molar-refractivity contribution in [2.75, 3.05) is 0 Å². The minimum absolute atomic E-state index is 0.834. The second-order valence-electron chi connectivity index (χ2n) is 15.2. The Kier molecular flexibility index (Phi) is 54.7. The summed E-state index contributed by atoms with van der Waals surface area (Å²) in [4.78, 5) is 30.6. The number of carboxylic acids is 3. The van der Waals surface area contributed by atoms with Crippen LogP contribution in [0.1, 0.15) is 252 Å². The van der Waals surface area contributed by atoms with Gasteiger partial charge in [-0.2, -0.15) is 0 Å². The molecule has 0 heterocycles. The monoisotopic (exact) mass is 763 g/mol. The molecule has 6 nitrogen and oxygen atoms in total. The Balaban J connectivity index is -0.000000724. The van der Waals surface area contributed by atoms with E-state index in [2.05, 4.69) is 20.8 Å². The second kappa shape index (κ2) is 52.7. The Morgan fingerprint density at radius 1 is 0.278 bits per heavy atom. The van der Waals surface area contributed by atoms with Crippen LogP contribution in [0.15, 0.2) is 36.5 Å². The van der Waals surface area contributed by atoms with E-state index in [4.69, 9.17) is 15.3 Å². The Hall–Kier alpha value is -2.37. The van der Waals surface area contributed by atoms with Crippen molar-refractivity contribution in [3.63, 3.8) is 0 Å². The zero-order valence-electron chi connectivity index (χ0n) is 36.0. The topological polar surface area (TPSA) is 112 Å². The lowest BCUT2D eigenvalue weighted by molar-refractivity contribution is -0.132. The van der Waals surface area contributed by atoms with Gasteiger partial charge in [-0.25, -0.2) is 14.4 Å². The van der Waals surface area contributed by atoms with Gasteiger partial charge in [0.2, 0.25) is 0 Å². The second-order valence-corrected chi connectivity index (χ2v) is 15.2. The number of hydrogen-bond donors (Lipinski definition) is 3. The van der Waals surface area contributed by atoms with Gasteiger partial charge < -0.3 is 15.3 Å². The van der Waals surface area contributed by atoms with Gasteiger partial charge in [0.25, 0.3) is 0 Å². The van der Waals surface area contributed by atoms with E-state index in [-0.39, 0.29) is 0 Å². The van der Waals surface area contributed by atoms with Crippen LogP contribution in [-0.2, 0) is 14.4 Å². The largest absolute Gasteiger partial charge is 0.478 e. The van der Waals surface area contributed by atoms with Crippen molar-refractivity contribution in [3.05, 3.63) is 36.5 Å². The first-order valence-electron chi connectivity index (χ1n) is 23.0. The van der Waals surface area contributed by atoms with Gasteiger partial charge in [-0.15, -0.1) is 0 Å². The highest BCUT2D eigenvalue weighted by molar-refractivity contribution is 5.80. The molecule has 54 heavy (non-hydrogen) atoms. The van der Waals surface area contributed by atoms with Gasteiger partial charge >= 0.3 is 17.9 Å². The molecule has 0 radical (unpaired) electrons. The molecule has 0 saturated carbocycles. The van der Waals surface area contributed by atoms with E-state index in [1.165, 1.54) is 211 Å². The number of carboxylic acid groups (broad SMARTS) is 3. The fraction of sp³-hybridized carbons (Fsp3) is 0.812. The molecule has 6 heteroatoms. The van der Waals surface area contributed by atoms with Crippen molar-refractivity contribution in [3.8, 4) is 0 Å². The standard InChI is InChI=1S/C17H32O2.C16H30O2.C15H28O2/c1-2-3-4-5-6-7-8-9-10-11-12-13-14-15-16-17(18)19;1-2-3-4-5-6-7-8-9-10-11-12-13-14-15-16(17)18;1-2-3-4-5-6-7-8-9-10-11-12-13-14-15(16)17/h15-16H,2-14H2,1H3,(H,18,19);14-15H,2-13H2,1H3,(H,17,18);13-14H,2-12H2,1H3,(H,16,17)/b16-15+;15-14+;14-13+. The van der Waals surface area contributed by atoms with Crippen LogP contribution in [0.4, 0.5) is 0 Å². The van der Waals surface area contributed by atoms with Crippen molar-refractivity contribution < 1.29 is 29.7 Å². The van der Waals surface area contributed by atoms with E-state index < -0.39 is 17.9 Å². The van der Waals surface area contributed by atoms with Crippen LogP contribution < -0.4 is 0 Å². The molecule has 0 unspecified atom stereocenters. The molecule has 0 atom stereocenters. The summed E-state index contributed by atoms with van der Waals surface area (Å²) < 4.78 is 0. The number of rotatable bonds is 39. The third kappa shape index (κ3) is 64.6. The van der Waals surface area contributed by atoms with Crippen LogP contribution in [-0.4, -0.2) is 33.2 Å². The van der Waals surface area contributed by atoms with Crippen LogP contribution in [0.2, 0.25) is 0 Å². The van der Waals surface area contributed by atoms with Crippen molar-refractivity contribution in [1.82, 2.24) is 0 Å². The minimum Gasteiger partial charge on any atom is -0.478 e. The van der Waals surface area contributed by atoms with E-state index in [9.17, 15) is 14.4 Å². The first-order chi connectivity index (χ1) is 26.3. The van der Waals surface area contributed by atoms with Crippen molar-refractivity contribution >= 4 is 17.9 Å². The maximum absolute atomic E-state index is 10.2. The van der Waals surface area contributed by atoms with Crippen molar-refractivity contribution in [2.45, 2.75) is 252 Å². The van der Waals surface area contributed by atoms with Gasteiger partial charge in [-0.05, 0) is 38.5 Å². The molecule has 0 aromatic heterocycles. The molecule has 0 spiro atoms. The summed E-state index contributed by atoms with van der Waals surface area (Å²) in [6, 6.07) is 0. The van der Waals surface area contributed by atoms with E-state index in [0.717, 1.165) is 38.5 Å². The predicted octanol–water partition coefficient (Wildman–Crippen LogP) is 16.0. The molecule has 0 saturated heterocycles. The average molecular weight is 763 g/mol. The first-order valence-corrected chi connectivity index (χ1v) is 23.0. The van der Waals surface area contributed by atoms with Crippen LogP contribution in [0, 0.1) is 0 Å². The van der Waals surface area contributed by atoms with Crippen LogP contribution in [0.25, 0.3) is 0 Å². The predicted molar refractivity (Wildman–Crippen MR) is 234 cm³/mol. The van der Waals surface area contributed by atoms with E-state index in [0.29, 0.717) is 0 Å². The van der Waals surface area contributed by atoms with Gasteiger partial charge in [0.15, 0.2) is 0 Å². The molecule has 0 rings (SSSR count). The molecule has 0 aliphatic rings. The lowest BCUT2D eigenvalue weighted by atomic mass is 10.0. The molecule has 0 amide bonds. The van der Waals surface area contributed by atoms with Crippen LogP contribution in [0.5, 0.6) is 0 Å². The summed E-state index contributed by atoms with van der Waals surface area (Å²) in [6.45, 7) is 6.77. The van der Waals surface area contributed by atoms with Crippen molar-refractivity contribution in [1.29, 1.82) is 0 Å². The van der Waals surface area contributed by atoms with Crippen LogP contribution >= 0.6 is 0 Å². The molecule has 0 fully saturated rings. The maximum Gasteiger partial charge on any atom is 0.327 e. The summed E-state index contributed by atoms with van der Waals surface area (Å²) in [7, 11) is 0. The third-order valence-electron chi connectivity index (χ3n) is 9.70. The Morgan fingerprint density at radius 3 is 0.574 bits per heavy atom. The lowest BCUT2D eigenvalue weighted by Crippen LogP contribution is -1.86. The van der Waals surface area contributed by atoms with E-state index in [1.807, 2.05) is 0 Å². The van der Waals surface area contributed by atoms with E-state index in [1.54, 1.807) is 18.2 Å². The quantitative estimate of drug-likeness (QED) is 0.0425. The lowest BCUT2D eigenvalue weighted by Gasteiger charge is -2.02. The van der Waals surface area contributed by atoms with Gasteiger partial charge in [0.1, 0.15) is 0 Å². The summed E-state index contributed by atoms with van der Waals surface area (Å²) in [5.74, 6) is -2.51. The SMILES string of the molecule is CCCCCCCCCCCC/C=C/C(=O)O.CCCCCCCCCCCCC/C=C/C(=O)O.CCCCCCCCCCCCCC/C=C/C(=O)O. The molecular weight excluding hydrogens is 673 g/mol. The molecule has 318 valence electrons. The molecule has 0 aliphatic heterocycles. The Morgan fingerprint density at radius 2 is 0.426 bits per heavy atom. The fourth-order valence-electron chi connectivity index (χ4n) is 6.33. The van der Waals surface area contributed by atoms with Crippen LogP contribution in [0.3, 0.4) is 0 Å².